The van der Waals surface area contributed by atoms with Gasteiger partial charge in [0.05, 0.1) is 17.0 Å². The van der Waals surface area contributed by atoms with E-state index in [1.165, 1.54) is 31.2 Å². The van der Waals surface area contributed by atoms with E-state index in [4.69, 9.17) is 4.42 Å². The third-order valence-electron chi connectivity index (χ3n) is 7.38. The SMILES string of the molecule is CC(=O)Nc1ccc(S(=O)(=O)N(Cc2ccc(C)cc2)C2CC(=O)N(c3ccc(-c4nc5ccccc5o4)cc3)C2=O)cc1. The third kappa shape index (κ3) is 5.62. The molecule has 0 bridgehead atoms. The maximum Gasteiger partial charge on any atom is 0.252 e. The second-order valence-electron chi connectivity index (χ2n) is 10.6. The Bertz CT molecular complexity index is 1950. The van der Waals surface area contributed by atoms with Crippen LogP contribution in [0.1, 0.15) is 24.5 Å². The Kier molecular flexibility index (Phi) is 7.58. The molecule has 0 radical (unpaired) electrons. The summed E-state index contributed by atoms with van der Waals surface area (Å²) in [5, 5.41) is 2.61. The van der Waals surface area contributed by atoms with Gasteiger partial charge < -0.3 is 9.73 Å². The molecule has 10 nitrogen and oxygen atoms in total. The molecule has 1 aliphatic rings. The molecule has 44 heavy (non-hydrogen) atoms. The molecule has 1 saturated heterocycles. The number of oxazole rings is 1. The maximum atomic E-state index is 14.0. The molecule has 11 heteroatoms. The van der Waals surface area contributed by atoms with Gasteiger partial charge in [0.1, 0.15) is 11.6 Å². The van der Waals surface area contributed by atoms with Crippen molar-refractivity contribution in [2.24, 2.45) is 0 Å². The van der Waals surface area contributed by atoms with E-state index >= 15 is 0 Å². The van der Waals surface area contributed by atoms with Gasteiger partial charge in [0.25, 0.3) is 5.91 Å². The number of hydrogen-bond acceptors (Lipinski definition) is 7. The van der Waals surface area contributed by atoms with Crippen LogP contribution in [-0.4, -0.2) is 41.5 Å². The molecule has 1 fully saturated rings. The van der Waals surface area contributed by atoms with Crippen LogP contribution in [0.2, 0.25) is 0 Å². The highest BCUT2D eigenvalue weighted by Gasteiger charge is 2.47. The van der Waals surface area contributed by atoms with Crippen molar-refractivity contribution >= 4 is 50.2 Å². The molecule has 6 rings (SSSR count). The molecule has 0 spiro atoms. The number of aryl methyl sites for hydroxylation is 1. The molecule has 4 aromatic carbocycles. The minimum Gasteiger partial charge on any atom is -0.436 e. The summed E-state index contributed by atoms with van der Waals surface area (Å²) in [4.78, 5) is 44.0. The number of hydrogen-bond donors (Lipinski definition) is 1. The summed E-state index contributed by atoms with van der Waals surface area (Å²) < 4.78 is 35.0. The molecule has 5 aromatic rings. The molecule has 1 N–H and O–H groups in total. The first-order valence-corrected chi connectivity index (χ1v) is 15.3. The van der Waals surface area contributed by atoms with Gasteiger partial charge in [-0.3, -0.25) is 14.4 Å². The Morgan fingerprint density at radius 3 is 2.30 bits per heavy atom. The largest absolute Gasteiger partial charge is 0.436 e. The van der Waals surface area contributed by atoms with Crippen LogP contribution < -0.4 is 10.2 Å². The molecule has 0 saturated carbocycles. The van der Waals surface area contributed by atoms with Gasteiger partial charge in [-0.2, -0.15) is 4.31 Å². The van der Waals surface area contributed by atoms with Crippen molar-refractivity contribution in [3.63, 3.8) is 0 Å². The molecule has 0 aliphatic carbocycles. The zero-order chi connectivity index (χ0) is 31.0. The van der Waals surface area contributed by atoms with Gasteiger partial charge in [-0.15, -0.1) is 0 Å². The summed E-state index contributed by atoms with van der Waals surface area (Å²) in [5.74, 6) is -1.05. The van der Waals surface area contributed by atoms with E-state index in [0.717, 1.165) is 14.8 Å². The van der Waals surface area contributed by atoms with Crippen LogP contribution in [0.5, 0.6) is 0 Å². The number of nitrogens with zero attached hydrogens (tertiary/aromatic N) is 3. The minimum absolute atomic E-state index is 0.0694. The lowest BCUT2D eigenvalue weighted by molar-refractivity contribution is -0.122. The average molecular weight is 609 g/mol. The first-order valence-electron chi connectivity index (χ1n) is 13.9. The number of benzene rings is 4. The van der Waals surface area contributed by atoms with Crippen molar-refractivity contribution in [3.8, 4) is 11.5 Å². The standard InChI is InChI=1S/C33H28N4O6S/c1-21-7-9-23(10-8-21)20-36(44(41,42)27-17-13-25(14-18-27)34-22(2)38)29-19-31(39)37(33(29)40)26-15-11-24(12-16-26)32-35-28-5-3-4-6-30(28)43-32/h3-18,29H,19-20H2,1-2H3,(H,34,38). The normalized spacial score (nSPS) is 15.3. The Morgan fingerprint density at radius 2 is 1.64 bits per heavy atom. The van der Waals surface area contributed by atoms with Gasteiger partial charge in [-0.05, 0) is 73.2 Å². The topological polar surface area (TPSA) is 130 Å². The highest BCUT2D eigenvalue weighted by atomic mass is 32.2. The van der Waals surface area contributed by atoms with Crippen LogP contribution in [0.3, 0.4) is 0 Å². The molecule has 1 aliphatic heterocycles. The number of fused-ring (bicyclic) bond motifs is 1. The number of sulfonamides is 1. The molecular weight excluding hydrogens is 580 g/mol. The van der Waals surface area contributed by atoms with Gasteiger partial charge in [0, 0.05) is 24.7 Å². The average Bonchev–Trinajstić information content (AvgIpc) is 3.57. The molecule has 3 amide bonds. The zero-order valence-electron chi connectivity index (χ0n) is 23.9. The van der Waals surface area contributed by atoms with Crippen molar-refractivity contribution in [2.45, 2.75) is 37.8 Å². The fourth-order valence-electron chi connectivity index (χ4n) is 5.15. The van der Waals surface area contributed by atoms with E-state index in [0.29, 0.717) is 39.5 Å². The van der Waals surface area contributed by atoms with E-state index in [-0.39, 0.29) is 23.8 Å². The second kappa shape index (κ2) is 11.5. The Labute approximate surface area is 254 Å². The van der Waals surface area contributed by atoms with Gasteiger partial charge in [0.2, 0.25) is 27.7 Å². The van der Waals surface area contributed by atoms with Gasteiger partial charge in [0.15, 0.2) is 5.58 Å². The predicted molar refractivity (Wildman–Crippen MR) is 165 cm³/mol. The van der Waals surface area contributed by atoms with Crippen LogP contribution in [-0.2, 0) is 31.0 Å². The highest BCUT2D eigenvalue weighted by Crippen LogP contribution is 2.33. The van der Waals surface area contributed by atoms with Crippen molar-refractivity contribution in [1.82, 2.24) is 9.29 Å². The number of para-hydroxylation sites is 2. The van der Waals surface area contributed by atoms with Crippen LogP contribution in [0.4, 0.5) is 11.4 Å². The number of carbonyl (C=O) groups excluding carboxylic acids is 3. The summed E-state index contributed by atoms with van der Waals surface area (Å²) in [6.07, 6.45) is -0.319. The predicted octanol–water partition coefficient (Wildman–Crippen LogP) is 5.28. The first-order chi connectivity index (χ1) is 21.1. The molecular formula is C33H28N4O6S. The van der Waals surface area contributed by atoms with E-state index < -0.39 is 27.9 Å². The lowest BCUT2D eigenvalue weighted by Gasteiger charge is -2.27. The first kappa shape index (κ1) is 29.0. The van der Waals surface area contributed by atoms with Crippen molar-refractivity contribution in [2.75, 3.05) is 10.2 Å². The molecule has 1 aromatic heterocycles. The number of nitrogens with one attached hydrogen (secondary N) is 1. The number of amides is 3. The number of imide groups is 1. The summed E-state index contributed by atoms with van der Waals surface area (Å²) >= 11 is 0. The van der Waals surface area contributed by atoms with E-state index in [1.54, 1.807) is 36.4 Å². The van der Waals surface area contributed by atoms with Crippen LogP contribution in [0.15, 0.2) is 106 Å². The van der Waals surface area contributed by atoms with E-state index in [1.807, 2.05) is 43.3 Å². The van der Waals surface area contributed by atoms with Crippen molar-refractivity contribution in [1.29, 1.82) is 0 Å². The zero-order valence-corrected chi connectivity index (χ0v) is 24.7. The van der Waals surface area contributed by atoms with Crippen molar-refractivity contribution in [3.05, 3.63) is 108 Å². The van der Waals surface area contributed by atoms with Crippen LogP contribution in [0.25, 0.3) is 22.6 Å². The van der Waals surface area contributed by atoms with E-state index in [2.05, 4.69) is 10.3 Å². The smallest absolute Gasteiger partial charge is 0.252 e. The Morgan fingerprint density at radius 1 is 0.955 bits per heavy atom. The Balaban J connectivity index is 1.31. The van der Waals surface area contributed by atoms with Gasteiger partial charge >= 0.3 is 0 Å². The number of rotatable bonds is 8. The number of aromatic nitrogens is 1. The molecule has 2 heterocycles. The fourth-order valence-corrected chi connectivity index (χ4v) is 6.72. The third-order valence-corrected chi connectivity index (χ3v) is 9.25. The quantitative estimate of drug-likeness (QED) is 0.237. The lowest BCUT2D eigenvalue weighted by atomic mass is 10.1. The summed E-state index contributed by atoms with van der Waals surface area (Å²) in [5.41, 5.74) is 4.41. The monoisotopic (exact) mass is 608 g/mol. The molecule has 222 valence electrons. The fraction of sp³-hybridized carbons (Fsp3) is 0.152. The highest BCUT2D eigenvalue weighted by molar-refractivity contribution is 7.89. The van der Waals surface area contributed by atoms with Gasteiger partial charge in [-0.1, -0.05) is 42.0 Å². The summed E-state index contributed by atoms with van der Waals surface area (Å²) in [6, 6.07) is 25.7. The van der Waals surface area contributed by atoms with Crippen molar-refractivity contribution < 1.29 is 27.2 Å². The van der Waals surface area contributed by atoms with Gasteiger partial charge in [-0.25, -0.2) is 18.3 Å². The molecule has 1 atom stereocenters. The number of carbonyl (C=O) groups is 3. The summed E-state index contributed by atoms with van der Waals surface area (Å²) in [7, 11) is -4.26. The summed E-state index contributed by atoms with van der Waals surface area (Å²) in [6.45, 7) is 3.15. The lowest BCUT2D eigenvalue weighted by Crippen LogP contribution is -2.45. The van der Waals surface area contributed by atoms with E-state index in [9.17, 15) is 22.8 Å². The maximum absolute atomic E-state index is 14.0. The minimum atomic E-state index is -4.26. The Hall–Kier alpha value is -5.13. The van der Waals surface area contributed by atoms with Crippen LogP contribution >= 0.6 is 0 Å². The van der Waals surface area contributed by atoms with Crippen LogP contribution in [0, 0.1) is 6.92 Å². The number of anilines is 2. The second-order valence-corrected chi connectivity index (χ2v) is 12.5. The molecule has 1 unspecified atom stereocenters.